The minimum atomic E-state index is -3.69. The van der Waals surface area contributed by atoms with E-state index in [0.717, 1.165) is 15.7 Å². The van der Waals surface area contributed by atoms with Gasteiger partial charge in [-0.2, -0.15) is 4.31 Å². The molecule has 0 aromatic heterocycles. The molecule has 1 aliphatic carbocycles. The predicted octanol–water partition coefficient (Wildman–Crippen LogP) is 1.62. The zero-order valence-electron chi connectivity index (χ0n) is 18.1. The van der Waals surface area contributed by atoms with E-state index < -0.39 is 10.0 Å². The molecule has 33 heavy (non-hydrogen) atoms. The molecule has 2 aliphatic heterocycles. The standard InChI is InChI=1S/C24H25N3O5S/c28-22(16-27-23(29)20-7-3-4-8-21(20)24(27)30)25-11-13-26(14-12-25)33(31,32)19-10-9-17-5-1-2-6-18(17)15-19/h1-6,9-10,15,20-21H,7-8,11-14,16H2/t20-,21-/m0/s1. The van der Waals surface area contributed by atoms with Crippen molar-refractivity contribution in [2.24, 2.45) is 11.8 Å². The Balaban J connectivity index is 1.23. The van der Waals surface area contributed by atoms with Crippen LogP contribution < -0.4 is 0 Å². The summed E-state index contributed by atoms with van der Waals surface area (Å²) >= 11 is 0. The quantitative estimate of drug-likeness (QED) is 0.503. The summed E-state index contributed by atoms with van der Waals surface area (Å²) in [5.41, 5.74) is 0. The van der Waals surface area contributed by atoms with Crippen LogP contribution in [0.15, 0.2) is 59.5 Å². The first kappa shape index (κ1) is 21.8. The van der Waals surface area contributed by atoms with E-state index in [1.165, 1.54) is 9.21 Å². The summed E-state index contributed by atoms with van der Waals surface area (Å²) in [4.78, 5) is 40.9. The number of benzene rings is 2. The van der Waals surface area contributed by atoms with Gasteiger partial charge in [-0.05, 0) is 35.7 Å². The number of nitrogens with zero attached hydrogens (tertiary/aromatic N) is 3. The van der Waals surface area contributed by atoms with Crippen molar-refractivity contribution >= 4 is 38.5 Å². The Morgan fingerprint density at radius 3 is 2.09 bits per heavy atom. The van der Waals surface area contributed by atoms with Crippen molar-refractivity contribution in [2.75, 3.05) is 32.7 Å². The van der Waals surface area contributed by atoms with E-state index in [-0.39, 0.29) is 67.2 Å². The summed E-state index contributed by atoms with van der Waals surface area (Å²) in [5, 5.41) is 1.82. The zero-order chi connectivity index (χ0) is 23.2. The molecule has 2 saturated heterocycles. The molecule has 8 nitrogen and oxygen atoms in total. The van der Waals surface area contributed by atoms with Gasteiger partial charge in [0.05, 0.1) is 16.7 Å². The van der Waals surface area contributed by atoms with E-state index in [4.69, 9.17) is 0 Å². The first-order valence-electron chi connectivity index (χ1n) is 11.1. The number of rotatable bonds is 4. The van der Waals surface area contributed by atoms with Gasteiger partial charge in [-0.3, -0.25) is 19.3 Å². The van der Waals surface area contributed by atoms with Gasteiger partial charge in [0.15, 0.2) is 0 Å². The van der Waals surface area contributed by atoms with Gasteiger partial charge in [0.1, 0.15) is 6.54 Å². The molecule has 2 aromatic carbocycles. The van der Waals surface area contributed by atoms with Crippen LogP contribution in [0.5, 0.6) is 0 Å². The van der Waals surface area contributed by atoms with Gasteiger partial charge < -0.3 is 4.90 Å². The third kappa shape index (κ3) is 3.85. The second-order valence-corrected chi connectivity index (χ2v) is 10.7. The second kappa shape index (κ2) is 8.39. The fourth-order valence-corrected chi connectivity index (χ4v) is 6.37. The van der Waals surface area contributed by atoms with Crippen molar-refractivity contribution in [3.8, 4) is 0 Å². The van der Waals surface area contributed by atoms with Gasteiger partial charge in [-0.1, -0.05) is 42.5 Å². The summed E-state index contributed by atoms with van der Waals surface area (Å²) in [7, 11) is -3.69. The van der Waals surface area contributed by atoms with Crippen molar-refractivity contribution in [1.82, 2.24) is 14.1 Å². The molecule has 0 radical (unpaired) electrons. The highest BCUT2D eigenvalue weighted by molar-refractivity contribution is 7.89. The van der Waals surface area contributed by atoms with Crippen molar-refractivity contribution in [2.45, 2.75) is 17.7 Å². The number of carbonyl (C=O) groups is 3. The molecule has 172 valence electrons. The van der Waals surface area contributed by atoms with Gasteiger partial charge >= 0.3 is 0 Å². The van der Waals surface area contributed by atoms with E-state index in [0.29, 0.717) is 12.8 Å². The molecule has 2 heterocycles. The Bertz CT molecular complexity index is 1240. The van der Waals surface area contributed by atoms with E-state index in [2.05, 4.69) is 0 Å². The third-order valence-electron chi connectivity index (χ3n) is 6.84. The molecular weight excluding hydrogens is 442 g/mol. The maximum absolute atomic E-state index is 13.1. The Morgan fingerprint density at radius 2 is 1.45 bits per heavy atom. The summed E-state index contributed by atoms with van der Waals surface area (Å²) in [6.45, 7) is 0.491. The Kier molecular flexibility index (Phi) is 5.54. The lowest BCUT2D eigenvalue weighted by atomic mass is 9.85. The topological polar surface area (TPSA) is 95.1 Å². The summed E-state index contributed by atoms with van der Waals surface area (Å²) in [6, 6.07) is 12.6. The van der Waals surface area contributed by atoms with Crippen molar-refractivity contribution in [3.05, 3.63) is 54.6 Å². The molecule has 0 saturated carbocycles. The number of piperazine rings is 1. The molecule has 0 spiro atoms. The number of allylic oxidation sites excluding steroid dienone is 2. The minimum absolute atomic E-state index is 0.165. The van der Waals surface area contributed by atoms with Gasteiger partial charge in [0.2, 0.25) is 27.7 Å². The van der Waals surface area contributed by atoms with Crippen molar-refractivity contribution in [3.63, 3.8) is 0 Å². The zero-order valence-corrected chi connectivity index (χ0v) is 18.9. The van der Waals surface area contributed by atoms with Crippen LogP contribution in [0.25, 0.3) is 10.8 Å². The molecule has 2 aromatic rings. The first-order chi connectivity index (χ1) is 15.9. The predicted molar refractivity (Wildman–Crippen MR) is 121 cm³/mol. The monoisotopic (exact) mass is 467 g/mol. The van der Waals surface area contributed by atoms with Crippen molar-refractivity contribution in [1.29, 1.82) is 0 Å². The average molecular weight is 468 g/mol. The smallest absolute Gasteiger partial charge is 0.243 e. The van der Waals surface area contributed by atoms with Crippen LogP contribution in [-0.4, -0.2) is 73.0 Å². The molecule has 0 bridgehead atoms. The highest BCUT2D eigenvalue weighted by Crippen LogP contribution is 2.35. The van der Waals surface area contributed by atoms with Crippen LogP contribution in [0.1, 0.15) is 12.8 Å². The van der Waals surface area contributed by atoms with Crippen LogP contribution in [0.4, 0.5) is 0 Å². The summed E-state index contributed by atoms with van der Waals surface area (Å²) in [6.07, 6.45) is 4.89. The van der Waals surface area contributed by atoms with E-state index in [1.54, 1.807) is 18.2 Å². The SMILES string of the molecule is O=C(CN1C(=O)[C@H]2CC=CC[C@@H]2C1=O)N1CCN(S(=O)(=O)c2ccc3ccccc3c2)CC1. The van der Waals surface area contributed by atoms with Crippen LogP contribution in [0.3, 0.4) is 0 Å². The van der Waals surface area contributed by atoms with Gasteiger partial charge in [-0.15, -0.1) is 0 Å². The normalized spacial score (nSPS) is 23.9. The molecule has 3 amide bonds. The largest absolute Gasteiger partial charge is 0.338 e. The van der Waals surface area contributed by atoms with Gasteiger partial charge in [0.25, 0.3) is 0 Å². The minimum Gasteiger partial charge on any atom is -0.338 e. The number of hydrogen-bond donors (Lipinski definition) is 0. The number of likely N-dealkylation sites (tertiary alicyclic amines) is 1. The highest BCUT2D eigenvalue weighted by Gasteiger charge is 2.48. The van der Waals surface area contributed by atoms with E-state index >= 15 is 0 Å². The first-order valence-corrected chi connectivity index (χ1v) is 12.6. The average Bonchev–Trinajstić information content (AvgIpc) is 3.08. The number of amides is 3. The number of imide groups is 1. The van der Waals surface area contributed by atoms with E-state index in [9.17, 15) is 22.8 Å². The summed E-state index contributed by atoms with van der Waals surface area (Å²) < 4.78 is 27.7. The van der Waals surface area contributed by atoms with Gasteiger partial charge in [0, 0.05) is 26.2 Å². The molecule has 0 N–H and O–H groups in total. The van der Waals surface area contributed by atoms with Crippen LogP contribution in [-0.2, 0) is 24.4 Å². The lowest BCUT2D eigenvalue weighted by molar-refractivity contribution is -0.147. The maximum atomic E-state index is 13.1. The van der Waals surface area contributed by atoms with Crippen molar-refractivity contribution < 1.29 is 22.8 Å². The third-order valence-corrected chi connectivity index (χ3v) is 8.74. The molecule has 5 rings (SSSR count). The number of fused-ring (bicyclic) bond motifs is 2. The molecule has 0 unspecified atom stereocenters. The lowest BCUT2D eigenvalue weighted by Gasteiger charge is -2.34. The Labute approximate surface area is 192 Å². The molecule has 2 atom stereocenters. The second-order valence-electron chi connectivity index (χ2n) is 8.71. The van der Waals surface area contributed by atoms with Crippen LogP contribution in [0, 0.1) is 11.8 Å². The molecular formula is C24H25N3O5S. The van der Waals surface area contributed by atoms with Gasteiger partial charge in [-0.25, -0.2) is 8.42 Å². The maximum Gasteiger partial charge on any atom is 0.243 e. The Morgan fingerprint density at radius 1 is 0.848 bits per heavy atom. The summed E-state index contributed by atoms with van der Waals surface area (Å²) in [5.74, 6) is -1.61. The molecule has 2 fully saturated rings. The highest BCUT2D eigenvalue weighted by atomic mass is 32.2. The lowest BCUT2D eigenvalue weighted by Crippen LogP contribution is -2.53. The molecule has 9 heteroatoms. The number of carbonyl (C=O) groups excluding carboxylic acids is 3. The van der Waals surface area contributed by atoms with Crippen LogP contribution >= 0.6 is 0 Å². The number of sulfonamides is 1. The Hall–Kier alpha value is -3.04. The van der Waals surface area contributed by atoms with E-state index in [1.807, 2.05) is 36.4 Å². The number of hydrogen-bond acceptors (Lipinski definition) is 5. The molecule has 3 aliphatic rings. The fourth-order valence-electron chi connectivity index (χ4n) is 4.91. The van der Waals surface area contributed by atoms with Crippen LogP contribution in [0.2, 0.25) is 0 Å². The fraction of sp³-hybridized carbons (Fsp3) is 0.375.